The summed E-state index contributed by atoms with van der Waals surface area (Å²) in [6, 6.07) is 2.10. The van der Waals surface area contributed by atoms with Gasteiger partial charge in [0.1, 0.15) is 6.10 Å². The minimum atomic E-state index is -0.0290. The molecule has 0 amide bonds. The van der Waals surface area contributed by atoms with Gasteiger partial charge in [-0.1, -0.05) is 0 Å². The summed E-state index contributed by atoms with van der Waals surface area (Å²) in [6.07, 6.45) is 10.9. The minimum absolute atomic E-state index is 0.0290. The quantitative estimate of drug-likeness (QED) is 0.783. The van der Waals surface area contributed by atoms with Crippen LogP contribution in [0.4, 0.5) is 0 Å². The Bertz CT molecular complexity index is 762. The van der Waals surface area contributed by atoms with E-state index >= 15 is 0 Å². The van der Waals surface area contributed by atoms with Crippen molar-refractivity contribution in [3.05, 3.63) is 29.7 Å². The van der Waals surface area contributed by atoms with Gasteiger partial charge in [-0.2, -0.15) is 0 Å². The topological polar surface area (TPSA) is 47.4 Å². The van der Waals surface area contributed by atoms with Crippen LogP contribution in [0.3, 0.4) is 0 Å². The number of aromatic nitrogens is 2. The molecule has 3 heterocycles. The molecule has 0 aromatic carbocycles. The summed E-state index contributed by atoms with van der Waals surface area (Å²) in [7, 11) is 2.17. The average molecular weight is 341 g/mol. The zero-order chi connectivity index (χ0) is 17.2. The number of likely N-dealkylation sites (N-methyl/N-ethyl adjacent to an activating group) is 1. The van der Waals surface area contributed by atoms with E-state index in [4.69, 9.17) is 4.74 Å². The fourth-order valence-electron chi connectivity index (χ4n) is 4.31. The second-order valence-corrected chi connectivity index (χ2v) is 7.46. The molecule has 5 heteroatoms. The Kier molecular flexibility index (Phi) is 4.75. The molecule has 0 saturated heterocycles. The van der Waals surface area contributed by atoms with E-state index in [1.54, 1.807) is 0 Å². The molecule has 0 unspecified atom stereocenters. The third-order valence-electron chi connectivity index (χ3n) is 5.61. The second kappa shape index (κ2) is 7.16. The Balaban J connectivity index is 1.45. The maximum Gasteiger partial charge on any atom is 0.306 e. The highest BCUT2D eigenvalue weighted by atomic mass is 16.5. The first kappa shape index (κ1) is 16.6. The highest BCUT2D eigenvalue weighted by Crippen LogP contribution is 2.30. The van der Waals surface area contributed by atoms with Crippen molar-refractivity contribution in [1.82, 2.24) is 14.5 Å². The standard InChI is InChI=1S/C20H27N3O2/c1-22-12-9-19-17(14-22)16-13-21-10-8-18(16)23(19)11-4-7-20(24)25-15-5-2-3-6-15/h8,10,13,15H,2-7,9,11-12,14H2,1H3. The average Bonchev–Trinajstić information content (AvgIpc) is 3.22. The summed E-state index contributed by atoms with van der Waals surface area (Å²) in [5.41, 5.74) is 4.08. The van der Waals surface area contributed by atoms with Gasteiger partial charge in [0, 0.05) is 55.9 Å². The number of pyridine rings is 1. The van der Waals surface area contributed by atoms with Crippen LogP contribution >= 0.6 is 0 Å². The SMILES string of the molecule is CN1CCc2c(c3cnccc3n2CCCC(=O)OC2CCCC2)C1. The molecule has 2 aromatic heterocycles. The van der Waals surface area contributed by atoms with Crippen LogP contribution in [-0.2, 0) is 29.0 Å². The van der Waals surface area contributed by atoms with Gasteiger partial charge in [-0.05, 0) is 50.8 Å². The van der Waals surface area contributed by atoms with E-state index in [0.717, 1.165) is 45.3 Å². The van der Waals surface area contributed by atoms with Crippen LogP contribution in [0.1, 0.15) is 49.8 Å². The maximum absolute atomic E-state index is 12.1. The third-order valence-corrected chi connectivity index (χ3v) is 5.61. The van der Waals surface area contributed by atoms with E-state index in [1.165, 1.54) is 35.0 Å². The lowest BCUT2D eigenvalue weighted by Crippen LogP contribution is -2.27. The van der Waals surface area contributed by atoms with Gasteiger partial charge < -0.3 is 14.2 Å². The molecule has 1 saturated carbocycles. The first-order valence-electron chi connectivity index (χ1n) is 9.54. The molecule has 134 valence electrons. The molecule has 1 aliphatic heterocycles. The van der Waals surface area contributed by atoms with Gasteiger partial charge in [-0.3, -0.25) is 9.78 Å². The number of fused-ring (bicyclic) bond motifs is 3. The van der Waals surface area contributed by atoms with Crippen LogP contribution in [0.15, 0.2) is 18.5 Å². The van der Waals surface area contributed by atoms with Crippen LogP contribution in [0.5, 0.6) is 0 Å². The van der Waals surface area contributed by atoms with Crippen LogP contribution < -0.4 is 0 Å². The van der Waals surface area contributed by atoms with Crippen LogP contribution in [0.25, 0.3) is 10.9 Å². The van der Waals surface area contributed by atoms with Crippen molar-refractivity contribution in [2.75, 3.05) is 13.6 Å². The fourth-order valence-corrected chi connectivity index (χ4v) is 4.31. The van der Waals surface area contributed by atoms with Gasteiger partial charge in [-0.15, -0.1) is 0 Å². The minimum Gasteiger partial charge on any atom is -0.462 e. The molecule has 0 spiro atoms. The number of nitrogens with zero attached hydrogens (tertiary/aromatic N) is 3. The van der Waals surface area contributed by atoms with Crippen molar-refractivity contribution in [3.8, 4) is 0 Å². The molecule has 0 atom stereocenters. The first-order valence-corrected chi connectivity index (χ1v) is 9.54. The Morgan fingerprint density at radius 3 is 3.04 bits per heavy atom. The van der Waals surface area contributed by atoms with Crippen molar-refractivity contribution in [3.63, 3.8) is 0 Å². The summed E-state index contributed by atoms with van der Waals surface area (Å²) < 4.78 is 7.99. The predicted octanol–water partition coefficient (Wildman–Crippen LogP) is 3.29. The zero-order valence-electron chi connectivity index (χ0n) is 15.0. The van der Waals surface area contributed by atoms with Crippen LogP contribution in [-0.4, -0.2) is 40.1 Å². The van der Waals surface area contributed by atoms with Gasteiger partial charge in [0.25, 0.3) is 0 Å². The number of carbonyl (C=O) groups is 1. The second-order valence-electron chi connectivity index (χ2n) is 7.46. The number of carbonyl (C=O) groups excluding carboxylic acids is 1. The largest absolute Gasteiger partial charge is 0.462 e. The molecule has 25 heavy (non-hydrogen) atoms. The summed E-state index contributed by atoms with van der Waals surface area (Å²) in [6.45, 7) is 2.94. The summed E-state index contributed by atoms with van der Waals surface area (Å²) in [5.74, 6) is -0.0290. The Hall–Kier alpha value is -1.88. The molecule has 0 N–H and O–H groups in total. The van der Waals surface area contributed by atoms with Gasteiger partial charge in [-0.25, -0.2) is 0 Å². The lowest BCUT2D eigenvalue weighted by Gasteiger charge is -2.24. The van der Waals surface area contributed by atoms with Crippen molar-refractivity contribution in [2.24, 2.45) is 0 Å². The summed E-state index contributed by atoms with van der Waals surface area (Å²) >= 11 is 0. The Labute approximate surface area is 149 Å². The fraction of sp³-hybridized carbons (Fsp3) is 0.600. The van der Waals surface area contributed by atoms with Gasteiger partial charge >= 0.3 is 5.97 Å². The van der Waals surface area contributed by atoms with E-state index in [1.807, 2.05) is 12.4 Å². The van der Waals surface area contributed by atoms with Gasteiger partial charge in [0.2, 0.25) is 0 Å². The van der Waals surface area contributed by atoms with Gasteiger partial charge in [0.15, 0.2) is 0 Å². The molecule has 0 radical (unpaired) electrons. The summed E-state index contributed by atoms with van der Waals surface area (Å²) in [4.78, 5) is 18.8. The highest BCUT2D eigenvalue weighted by Gasteiger charge is 2.23. The molecule has 2 aromatic rings. The molecule has 1 fully saturated rings. The number of ether oxygens (including phenoxy) is 1. The van der Waals surface area contributed by atoms with Crippen LogP contribution in [0.2, 0.25) is 0 Å². The molecule has 2 aliphatic rings. The number of hydrogen-bond donors (Lipinski definition) is 0. The van der Waals surface area contributed by atoms with Crippen molar-refractivity contribution in [1.29, 1.82) is 0 Å². The van der Waals surface area contributed by atoms with Crippen molar-refractivity contribution in [2.45, 2.75) is 64.1 Å². The highest BCUT2D eigenvalue weighted by molar-refractivity contribution is 5.85. The molecular formula is C20H27N3O2. The predicted molar refractivity (Wildman–Crippen MR) is 97.4 cm³/mol. The Morgan fingerprint density at radius 1 is 1.36 bits per heavy atom. The number of rotatable bonds is 5. The van der Waals surface area contributed by atoms with Gasteiger partial charge in [0.05, 0.1) is 5.52 Å². The Morgan fingerprint density at radius 2 is 2.20 bits per heavy atom. The normalized spacial score (nSPS) is 18.6. The molecule has 5 nitrogen and oxygen atoms in total. The number of hydrogen-bond acceptors (Lipinski definition) is 4. The van der Waals surface area contributed by atoms with Crippen molar-refractivity contribution >= 4 is 16.9 Å². The zero-order valence-corrected chi connectivity index (χ0v) is 15.0. The first-order chi connectivity index (χ1) is 12.2. The smallest absolute Gasteiger partial charge is 0.306 e. The summed E-state index contributed by atoms with van der Waals surface area (Å²) in [5, 5.41) is 1.26. The molecular weight excluding hydrogens is 314 g/mol. The molecule has 1 aliphatic carbocycles. The van der Waals surface area contributed by atoms with E-state index in [9.17, 15) is 4.79 Å². The number of aryl methyl sites for hydroxylation is 1. The van der Waals surface area contributed by atoms with E-state index < -0.39 is 0 Å². The third kappa shape index (κ3) is 3.43. The lowest BCUT2D eigenvalue weighted by atomic mass is 10.1. The van der Waals surface area contributed by atoms with E-state index in [-0.39, 0.29) is 12.1 Å². The monoisotopic (exact) mass is 341 g/mol. The lowest BCUT2D eigenvalue weighted by molar-refractivity contribution is -0.148. The van der Waals surface area contributed by atoms with E-state index in [0.29, 0.717) is 6.42 Å². The van der Waals surface area contributed by atoms with E-state index in [2.05, 4.69) is 27.6 Å². The number of esters is 1. The van der Waals surface area contributed by atoms with Crippen molar-refractivity contribution < 1.29 is 9.53 Å². The maximum atomic E-state index is 12.1. The molecule has 4 rings (SSSR count). The molecule has 0 bridgehead atoms. The van der Waals surface area contributed by atoms with Crippen LogP contribution in [0, 0.1) is 0 Å².